The minimum absolute atomic E-state index is 0.293. The highest BCUT2D eigenvalue weighted by molar-refractivity contribution is 6.37. The molecule has 1 aliphatic heterocycles. The van der Waals surface area contributed by atoms with E-state index in [0.717, 1.165) is 11.3 Å². The minimum atomic E-state index is -0.373. The van der Waals surface area contributed by atoms with E-state index in [1.165, 1.54) is 11.1 Å². The SMILES string of the molecule is Cc1ccc(N2C(=O)c3cnc4c(c(C)nn4-c4ccc(Cl)cc4)c3C2=O)cc1. The van der Waals surface area contributed by atoms with Crippen molar-refractivity contribution < 1.29 is 9.59 Å². The third-order valence-electron chi connectivity index (χ3n) is 5.09. The first-order valence-electron chi connectivity index (χ1n) is 9.05. The number of amides is 2. The summed E-state index contributed by atoms with van der Waals surface area (Å²) in [5, 5.41) is 5.77. The smallest absolute Gasteiger partial charge is 0.267 e. The molecule has 3 heterocycles. The lowest BCUT2D eigenvalue weighted by atomic mass is 10.1. The van der Waals surface area contributed by atoms with Crippen molar-refractivity contribution in [1.82, 2.24) is 14.8 Å². The van der Waals surface area contributed by atoms with Gasteiger partial charge in [-0.05, 0) is 50.2 Å². The molecule has 6 nitrogen and oxygen atoms in total. The summed E-state index contributed by atoms with van der Waals surface area (Å²) in [5.74, 6) is -0.734. The van der Waals surface area contributed by atoms with Gasteiger partial charge < -0.3 is 0 Å². The number of halogens is 1. The van der Waals surface area contributed by atoms with Crippen LogP contribution in [0.4, 0.5) is 5.69 Å². The van der Waals surface area contributed by atoms with E-state index in [-0.39, 0.29) is 11.8 Å². The highest BCUT2D eigenvalue weighted by atomic mass is 35.5. The van der Waals surface area contributed by atoms with Crippen LogP contribution in [0.25, 0.3) is 16.7 Å². The highest BCUT2D eigenvalue weighted by Gasteiger charge is 2.39. The Labute approximate surface area is 171 Å². The molecule has 0 radical (unpaired) electrons. The molecular formula is C22H15ClN4O2. The van der Waals surface area contributed by atoms with E-state index in [2.05, 4.69) is 10.1 Å². The number of nitrogens with zero attached hydrogens (tertiary/aromatic N) is 4. The largest absolute Gasteiger partial charge is 0.268 e. The number of carbonyl (C=O) groups is 2. The van der Waals surface area contributed by atoms with Gasteiger partial charge in [0.15, 0.2) is 5.65 Å². The summed E-state index contributed by atoms with van der Waals surface area (Å²) in [6.45, 7) is 3.76. The maximum absolute atomic E-state index is 13.3. The van der Waals surface area contributed by atoms with Crippen LogP contribution in [0.1, 0.15) is 32.0 Å². The molecule has 142 valence electrons. The summed E-state index contributed by atoms with van der Waals surface area (Å²) in [5.41, 5.74) is 4.15. The van der Waals surface area contributed by atoms with Gasteiger partial charge in [-0.2, -0.15) is 5.10 Å². The molecule has 7 heteroatoms. The topological polar surface area (TPSA) is 68.1 Å². The Kier molecular flexibility index (Phi) is 3.79. The Balaban J connectivity index is 1.70. The van der Waals surface area contributed by atoms with Crippen LogP contribution in [-0.4, -0.2) is 26.6 Å². The Hall–Kier alpha value is -3.51. The molecule has 1 aliphatic rings. The van der Waals surface area contributed by atoms with Gasteiger partial charge in [0.05, 0.1) is 33.6 Å². The Bertz CT molecular complexity index is 1310. The zero-order valence-electron chi connectivity index (χ0n) is 15.7. The number of fused-ring (bicyclic) bond motifs is 3. The summed E-state index contributed by atoms with van der Waals surface area (Å²) in [6, 6.07) is 14.5. The fourth-order valence-corrected chi connectivity index (χ4v) is 3.78. The molecule has 0 saturated carbocycles. The normalized spacial score (nSPS) is 13.4. The highest BCUT2D eigenvalue weighted by Crippen LogP contribution is 2.34. The Morgan fingerprint density at radius 3 is 2.21 bits per heavy atom. The first kappa shape index (κ1) is 17.6. The van der Waals surface area contributed by atoms with E-state index in [1.54, 1.807) is 28.9 Å². The van der Waals surface area contributed by atoms with E-state index in [0.29, 0.717) is 38.6 Å². The fourth-order valence-electron chi connectivity index (χ4n) is 3.65. The van der Waals surface area contributed by atoms with E-state index in [4.69, 9.17) is 11.6 Å². The van der Waals surface area contributed by atoms with Gasteiger partial charge in [0.1, 0.15) is 0 Å². The number of pyridine rings is 1. The lowest BCUT2D eigenvalue weighted by molar-refractivity contribution is 0.0926. The maximum atomic E-state index is 13.3. The molecule has 2 amide bonds. The number of aromatic nitrogens is 3. The van der Waals surface area contributed by atoms with Gasteiger partial charge in [0.25, 0.3) is 11.8 Å². The molecular weight excluding hydrogens is 388 g/mol. The number of hydrogen-bond donors (Lipinski definition) is 0. The number of rotatable bonds is 2. The van der Waals surface area contributed by atoms with Crippen LogP contribution in [0.2, 0.25) is 5.02 Å². The summed E-state index contributed by atoms with van der Waals surface area (Å²) >= 11 is 5.99. The lowest BCUT2D eigenvalue weighted by Crippen LogP contribution is -2.29. The van der Waals surface area contributed by atoms with Gasteiger partial charge in [0.2, 0.25) is 0 Å². The molecule has 0 atom stereocenters. The van der Waals surface area contributed by atoms with Crippen molar-refractivity contribution in [2.24, 2.45) is 0 Å². The van der Waals surface area contributed by atoms with Crippen molar-refractivity contribution >= 4 is 40.1 Å². The predicted molar refractivity (Wildman–Crippen MR) is 111 cm³/mol. The standard InChI is InChI=1S/C22H15ClN4O2/c1-12-3-7-15(8-4-12)26-21(28)17-11-24-20-18(19(17)22(26)29)13(2)25-27(20)16-9-5-14(23)6-10-16/h3-11H,1-2H3. The average Bonchev–Trinajstić information content (AvgIpc) is 3.18. The summed E-state index contributed by atoms with van der Waals surface area (Å²) in [7, 11) is 0. The van der Waals surface area contributed by atoms with Crippen molar-refractivity contribution in [3.05, 3.63) is 82.1 Å². The molecule has 0 fully saturated rings. The molecule has 0 aliphatic carbocycles. The van der Waals surface area contributed by atoms with E-state index >= 15 is 0 Å². The van der Waals surface area contributed by atoms with E-state index in [1.807, 2.05) is 38.1 Å². The van der Waals surface area contributed by atoms with Crippen LogP contribution in [0, 0.1) is 13.8 Å². The number of anilines is 1. The van der Waals surface area contributed by atoms with Crippen LogP contribution < -0.4 is 4.90 Å². The van der Waals surface area contributed by atoms with Crippen molar-refractivity contribution in [2.75, 3.05) is 4.90 Å². The van der Waals surface area contributed by atoms with Gasteiger partial charge in [-0.1, -0.05) is 29.3 Å². The van der Waals surface area contributed by atoms with Gasteiger partial charge in [-0.3, -0.25) is 9.59 Å². The summed E-state index contributed by atoms with van der Waals surface area (Å²) in [6.07, 6.45) is 1.46. The first-order chi connectivity index (χ1) is 14.0. The molecule has 5 rings (SSSR count). The number of imide groups is 1. The zero-order valence-corrected chi connectivity index (χ0v) is 16.4. The van der Waals surface area contributed by atoms with Gasteiger partial charge >= 0.3 is 0 Å². The molecule has 2 aromatic heterocycles. The molecule has 0 N–H and O–H groups in total. The van der Waals surface area contributed by atoms with Crippen LogP contribution in [0.15, 0.2) is 54.7 Å². The second kappa shape index (κ2) is 6.25. The minimum Gasteiger partial charge on any atom is -0.268 e. The third kappa shape index (κ3) is 2.57. The molecule has 0 spiro atoms. The van der Waals surface area contributed by atoms with Crippen molar-refractivity contribution in [3.8, 4) is 5.69 Å². The van der Waals surface area contributed by atoms with Crippen LogP contribution >= 0.6 is 11.6 Å². The zero-order chi connectivity index (χ0) is 20.3. The Morgan fingerprint density at radius 2 is 1.52 bits per heavy atom. The molecule has 0 bridgehead atoms. The monoisotopic (exact) mass is 402 g/mol. The summed E-state index contributed by atoms with van der Waals surface area (Å²) < 4.78 is 1.66. The van der Waals surface area contributed by atoms with Crippen molar-refractivity contribution in [3.63, 3.8) is 0 Å². The van der Waals surface area contributed by atoms with Gasteiger partial charge in [0, 0.05) is 11.2 Å². The van der Waals surface area contributed by atoms with Crippen LogP contribution in [-0.2, 0) is 0 Å². The van der Waals surface area contributed by atoms with Crippen LogP contribution in [0.5, 0.6) is 0 Å². The molecule has 4 aromatic rings. The molecule has 2 aromatic carbocycles. The molecule has 29 heavy (non-hydrogen) atoms. The average molecular weight is 403 g/mol. The van der Waals surface area contributed by atoms with Gasteiger partial charge in [-0.15, -0.1) is 0 Å². The van der Waals surface area contributed by atoms with Crippen molar-refractivity contribution in [2.45, 2.75) is 13.8 Å². The van der Waals surface area contributed by atoms with Gasteiger partial charge in [-0.25, -0.2) is 14.6 Å². The number of carbonyl (C=O) groups excluding carboxylic acids is 2. The predicted octanol–water partition coefficient (Wildman–Crippen LogP) is 4.49. The number of benzene rings is 2. The van der Waals surface area contributed by atoms with E-state index < -0.39 is 0 Å². The quantitative estimate of drug-likeness (QED) is 0.463. The lowest BCUT2D eigenvalue weighted by Gasteiger charge is -2.13. The molecule has 0 unspecified atom stereocenters. The molecule has 0 saturated heterocycles. The summed E-state index contributed by atoms with van der Waals surface area (Å²) in [4.78, 5) is 31.9. The number of hydrogen-bond acceptors (Lipinski definition) is 4. The second-order valence-electron chi connectivity index (χ2n) is 7.00. The van der Waals surface area contributed by atoms with Crippen molar-refractivity contribution in [1.29, 1.82) is 0 Å². The maximum Gasteiger partial charge on any atom is 0.267 e. The first-order valence-corrected chi connectivity index (χ1v) is 9.43. The van der Waals surface area contributed by atoms with Crippen LogP contribution in [0.3, 0.4) is 0 Å². The fraction of sp³-hybridized carbons (Fsp3) is 0.0909. The number of aryl methyl sites for hydroxylation is 2. The third-order valence-corrected chi connectivity index (χ3v) is 5.34. The Morgan fingerprint density at radius 1 is 0.862 bits per heavy atom. The second-order valence-corrected chi connectivity index (χ2v) is 7.44. The van der Waals surface area contributed by atoms with E-state index in [9.17, 15) is 9.59 Å².